The molecule has 1 aliphatic heterocycles. The van der Waals surface area contributed by atoms with Crippen molar-refractivity contribution in [3.05, 3.63) is 200 Å². The molecule has 1 aliphatic rings. The average molecular weight is 788 g/mol. The average Bonchev–Trinajstić information content (AvgIpc) is 3.94. The summed E-state index contributed by atoms with van der Waals surface area (Å²) in [5.74, 6) is 0.732. The van der Waals surface area contributed by atoms with Crippen molar-refractivity contribution in [3.8, 4) is 39.5 Å². The summed E-state index contributed by atoms with van der Waals surface area (Å²) in [4.78, 5) is 11.4. The first-order valence-corrected chi connectivity index (χ1v) is 23.6. The molecule has 0 spiro atoms. The van der Waals surface area contributed by atoms with E-state index in [1.165, 1.54) is 24.1 Å². The van der Waals surface area contributed by atoms with Gasteiger partial charge in [0.05, 0.1) is 0 Å². The number of furan rings is 1. The van der Waals surface area contributed by atoms with Crippen LogP contribution in [-0.4, -0.2) is 27.8 Å². The van der Waals surface area contributed by atoms with Gasteiger partial charge in [0, 0.05) is 0 Å². The van der Waals surface area contributed by atoms with E-state index in [1.54, 1.807) is 0 Å². The van der Waals surface area contributed by atoms with Gasteiger partial charge < -0.3 is 0 Å². The molecule has 0 fully saturated rings. The second-order valence-electron chi connectivity index (χ2n) is 14.8. The third kappa shape index (κ3) is 4.56. The quantitative estimate of drug-likeness (QED) is 0.163. The number of hydrogen-bond acceptors (Lipinski definition) is 3. The fourth-order valence-corrected chi connectivity index (χ4v) is 20.0. The Bertz CT molecular complexity index is 3310. The molecule has 0 radical (unpaired) electrons. The fraction of sp³-hybridized carbons (Fsp3) is 0. The molecule has 11 aromatic rings. The minimum atomic E-state index is -3.74. The molecule has 0 atom stereocenters. The Morgan fingerprint density at radius 2 is 1.05 bits per heavy atom. The molecule has 5 heteroatoms. The van der Waals surface area contributed by atoms with Gasteiger partial charge in [0.25, 0.3) is 0 Å². The molecule has 3 aromatic heterocycles. The first-order chi connectivity index (χ1) is 28.3. The Hall–Kier alpha value is -7.02. The Labute approximate surface area is 331 Å². The summed E-state index contributed by atoms with van der Waals surface area (Å²) in [6.45, 7) is 0. The number of rotatable bonds is 5. The van der Waals surface area contributed by atoms with E-state index in [2.05, 4.69) is 199 Å². The van der Waals surface area contributed by atoms with Crippen LogP contribution in [0.15, 0.2) is 205 Å². The predicted molar refractivity (Wildman–Crippen MR) is 237 cm³/mol. The van der Waals surface area contributed by atoms with Crippen molar-refractivity contribution >= 4 is 74.7 Å². The van der Waals surface area contributed by atoms with Crippen LogP contribution in [0.2, 0.25) is 0 Å². The van der Waals surface area contributed by atoms with E-state index < -0.39 is 13.3 Å². The first-order valence-electron chi connectivity index (χ1n) is 19.4. The molecule has 4 nitrogen and oxygen atoms in total. The van der Waals surface area contributed by atoms with Crippen LogP contribution in [0.5, 0.6) is 0 Å². The van der Waals surface area contributed by atoms with Gasteiger partial charge in [0.2, 0.25) is 0 Å². The summed E-state index contributed by atoms with van der Waals surface area (Å²) in [5, 5.41) is 4.54. The molecule has 0 unspecified atom stereocenters. The summed E-state index contributed by atoms with van der Waals surface area (Å²) >= 11 is -3.74. The second-order valence-corrected chi connectivity index (χ2v) is 22.5. The first kappa shape index (κ1) is 32.2. The van der Waals surface area contributed by atoms with Crippen molar-refractivity contribution in [2.75, 3.05) is 0 Å². The third-order valence-corrected chi connectivity index (χ3v) is 21.8. The fourth-order valence-electron chi connectivity index (χ4n) is 9.53. The minimum absolute atomic E-state index is 0.732. The Morgan fingerprint density at radius 1 is 0.456 bits per heavy atom. The van der Waals surface area contributed by atoms with E-state index in [1.807, 2.05) is 6.07 Å². The molecule has 266 valence electrons. The molecule has 8 aromatic carbocycles. The molecule has 12 rings (SSSR count). The van der Waals surface area contributed by atoms with Crippen molar-refractivity contribution in [3.63, 3.8) is 0 Å². The van der Waals surface area contributed by atoms with Crippen molar-refractivity contribution in [1.29, 1.82) is 0 Å². The Morgan fingerprint density at radius 3 is 1.82 bits per heavy atom. The maximum absolute atomic E-state index is 6.79. The molecule has 4 heterocycles. The molecule has 0 aliphatic carbocycles. The molecule has 0 saturated carbocycles. The van der Waals surface area contributed by atoms with Crippen molar-refractivity contribution < 1.29 is 4.42 Å². The van der Waals surface area contributed by atoms with Crippen molar-refractivity contribution in [2.24, 2.45) is 0 Å². The summed E-state index contributed by atoms with van der Waals surface area (Å²) in [6.07, 6.45) is 0. The maximum atomic E-state index is 6.79. The van der Waals surface area contributed by atoms with Crippen molar-refractivity contribution in [1.82, 2.24) is 14.5 Å². The molecular weight excluding hydrogens is 755 g/mol. The van der Waals surface area contributed by atoms with Gasteiger partial charge in [0.1, 0.15) is 0 Å². The summed E-state index contributed by atoms with van der Waals surface area (Å²) in [6, 6.07) is 72.0. The third-order valence-electron chi connectivity index (χ3n) is 11.9. The summed E-state index contributed by atoms with van der Waals surface area (Å²) < 4.78 is 14.4. The van der Waals surface area contributed by atoms with Crippen LogP contribution in [0, 0.1) is 0 Å². The monoisotopic (exact) mass is 789 g/mol. The van der Waals surface area contributed by atoms with E-state index in [9.17, 15) is 0 Å². The Kier molecular flexibility index (Phi) is 7.07. The van der Waals surface area contributed by atoms with Crippen LogP contribution in [0.3, 0.4) is 0 Å². The van der Waals surface area contributed by atoms with Crippen LogP contribution in [0.4, 0.5) is 0 Å². The van der Waals surface area contributed by atoms with Gasteiger partial charge in [-0.25, -0.2) is 0 Å². The van der Waals surface area contributed by atoms with Crippen LogP contribution in [0.25, 0.3) is 83.2 Å². The van der Waals surface area contributed by atoms with E-state index in [0.717, 1.165) is 76.8 Å². The summed E-state index contributed by atoms with van der Waals surface area (Å²) in [7, 11) is 0. The van der Waals surface area contributed by atoms with Crippen LogP contribution < -0.4 is 17.7 Å². The van der Waals surface area contributed by atoms with E-state index in [0.29, 0.717) is 0 Å². The van der Waals surface area contributed by atoms with Gasteiger partial charge in [-0.3, -0.25) is 0 Å². The molecule has 0 amide bonds. The van der Waals surface area contributed by atoms with Crippen molar-refractivity contribution in [2.45, 2.75) is 0 Å². The number of fused-ring (bicyclic) bond motifs is 10. The summed E-state index contributed by atoms with van der Waals surface area (Å²) in [5.41, 5.74) is 10.3. The number of hydrogen-bond donors (Lipinski definition) is 0. The molecule has 0 saturated heterocycles. The Balaban J connectivity index is 1.25. The normalized spacial score (nSPS) is 13.1. The zero-order valence-corrected chi connectivity index (χ0v) is 32.9. The SMILES string of the molecule is c1ccc(-c2nc(-c3ccccc3-n3c4ccccc4c4ccc5c6ccccc6oc5c43)c3[c](n2)[Ge]([c]2ccccc2)([c]2ccccc2)[c]2ccccc2-3)cc1. The number of nitrogens with zero attached hydrogens (tertiary/aromatic N) is 3. The van der Waals surface area contributed by atoms with Gasteiger partial charge in [0.15, 0.2) is 0 Å². The predicted octanol–water partition coefficient (Wildman–Crippen LogP) is 10.2. The van der Waals surface area contributed by atoms with Gasteiger partial charge in [-0.2, -0.15) is 0 Å². The number of para-hydroxylation sites is 3. The zero-order chi connectivity index (χ0) is 37.5. The van der Waals surface area contributed by atoms with Gasteiger partial charge in [-0.05, 0) is 0 Å². The molecule has 0 N–H and O–H groups in total. The molecule has 0 bridgehead atoms. The van der Waals surface area contributed by atoms with Crippen LogP contribution >= 0.6 is 0 Å². The molecular formula is C52H33GeN3O. The standard InChI is InChI=1S/C52H33GeN3O/c1-4-18-34(19-5-1)52-54-48(47-41-26-10-14-28-43(41)53(51(47)55-52,35-20-6-2-7-21-35)36-22-8-3-9-23-36)42-27-12-16-30-45(42)56-44-29-15-11-24-37(44)39-32-33-40-38-25-13-17-31-46(38)57-50(40)49(39)56/h1-33H. The van der Waals surface area contributed by atoms with Gasteiger partial charge >= 0.3 is 333 Å². The van der Waals surface area contributed by atoms with Gasteiger partial charge in [-0.1, -0.05) is 0 Å². The number of benzene rings is 8. The van der Waals surface area contributed by atoms with E-state index >= 15 is 0 Å². The van der Waals surface area contributed by atoms with E-state index in [4.69, 9.17) is 14.4 Å². The van der Waals surface area contributed by atoms with E-state index in [-0.39, 0.29) is 0 Å². The molecule has 57 heavy (non-hydrogen) atoms. The van der Waals surface area contributed by atoms with Crippen LogP contribution in [-0.2, 0) is 0 Å². The zero-order valence-electron chi connectivity index (χ0n) is 30.8. The second kappa shape index (κ2) is 12.5. The van der Waals surface area contributed by atoms with Crippen LogP contribution in [0.1, 0.15) is 0 Å². The topological polar surface area (TPSA) is 43.9 Å². The van der Waals surface area contributed by atoms with Gasteiger partial charge in [-0.15, -0.1) is 0 Å². The number of aromatic nitrogens is 3.